The van der Waals surface area contributed by atoms with Crippen LogP contribution in [-0.2, 0) is 9.05 Å². The summed E-state index contributed by atoms with van der Waals surface area (Å²) in [7, 11) is 1.61. The van der Waals surface area contributed by atoms with Gasteiger partial charge in [0.1, 0.15) is 4.90 Å². The van der Waals surface area contributed by atoms with E-state index in [1.807, 2.05) is 0 Å². The van der Waals surface area contributed by atoms with Crippen LogP contribution in [0.2, 0.25) is 0 Å². The fourth-order valence-corrected chi connectivity index (χ4v) is 2.93. The highest BCUT2D eigenvalue weighted by Gasteiger charge is 2.22. The lowest BCUT2D eigenvalue weighted by molar-refractivity contribution is 0.266. The Labute approximate surface area is 100 Å². The van der Waals surface area contributed by atoms with Crippen molar-refractivity contribution in [1.29, 1.82) is 0 Å². The number of rotatable bonds is 2. The van der Waals surface area contributed by atoms with Gasteiger partial charge in [0.15, 0.2) is 0 Å². The molecular formula is C10H15ClN2O2S. The zero-order valence-electron chi connectivity index (χ0n) is 9.13. The Morgan fingerprint density at radius 3 is 2.81 bits per heavy atom. The SMILES string of the molecule is CC1CCCC(n2cc(S(=O)(=O)Cl)cn2)C1. The molecule has 1 aromatic heterocycles. The first kappa shape index (κ1) is 11.9. The van der Waals surface area contributed by atoms with E-state index in [0.29, 0.717) is 12.0 Å². The van der Waals surface area contributed by atoms with Crippen molar-refractivity contribution < 1.29 is 8.42 Å². The maximum Gasteiger partial charge on any atom is 0.264 e. The molecule has 1 fully saturated rings. The molecule has 1 heterocycles. The minimum Gasteiger partial charge on any atom is -0.268 e. The third kappa shape index (κ3) is 2.58. The van der Waals surface area contributed by atoms with Crippen molar-refractivity contribution in [2.24, 2.45) is 5.92 Å². The Bertz CT molecular complexity index is 469. The van der Waals surface area contributed by atoms with E-state index in [-0.39, 0.29) is 4.90 Å². The van der Waals surface area contributed by atoms with Crippen LogP contribution >= 0.6 is 10.7 Å². The highest BCUT2D eigenvalue weighted by atomic mass is 35.7. The van der Waals surface area contributed by atoms with Gasteiger partial charge in [-0.05, 0) is 18.8 Å². The topological polar surface area (TPSA) is 52.0 Å². The van der Waals surface area contributed by atoms with Gasteiger partial charge >= 0.3 is 0 Å². The van der Waals surface area contributed by atoms with Crippen LogP contribution in [0.25, 0.3) is 0 Å². The van der Waals surface area contributed by atoms with Crippen molar-refractivity contribution in [3.05, 3.63) is 12.4 Å². The molecule has 0 N–H and O–H groups in total. The molecule has 2 unspecified atom stereocenters. The smallest absolute Gasteiger partial charge is 0.264 e. The zero-order valence-corrected chi connectivity index (χ0v) is 10.7. The van der Waals surface area contributed by atoms with E-state index in [1.165, 1.54) is 25.2 Å². The predicted octanol–water partition coefficient (Wildman–Crippen LogP) is 2.56. The van der Waals surface area contributed by atoms with Gasteiger partial charge in [-0.15, -0.1) is 0 Å². The summed E-state index contributed by atoms with van der Waals surface area (Å²) in [5.41, 5.74) is 0. The van der Waals surface area contributed by atoms with Crippen LogP contribution in [0, 0.1) is 5.92 Å². The third-order valence-electron chi connectivity index (χ3n) is 3.14. The van der Waals surface area contributed by atoms with Crippen LogP contribution in [0.3, 0.4) is 0 Å². The standard InChI is InChI=1S/C10H15ClN2O2S/c1-8-3-2-4-9(5-8)13-7-10(6-12-13)16(11,14)15/h6-9H,2-5H2,1H3. The summed E-state index contributed by atoms with van der Waals surface area (Å²) in [6.07, 6.45) is 7.40. The van der Waals surface area contributed by atoms with E-state index >= 15 is 0 Å². The molecule has 2 rings (SSSR count). The Morgan fingerprint density at radius 2 is 2.25 bits per heavy atom. The molecule has 0 aromatic carbocycles. The fraction of sp³-hybridized carbons (Fsp3) is 0.700. The summed E-state index contributed by atoms with van der Waals surface area (Å²) < 4.78 is 24.0. The molecule has 1 aromatic rings. The lowest BCUT2D eigenvalue weighted by atomic mass is 9.87. The lowest BCUT2D eigenvalue weighted by Gasteiger charge is -2.26. The maximum atomic E-state index is 11.1. The number of hydrogen-bond donors (Lipinski definition) is 0. The minimum atomic E-state index is -3.65. The first-order valence-electron chi connectivity index (χ1n) is 5.45. The van der Waals surface area contributed by atoms with Crippen LogP contribution in [-0.4, -0.2) is 18.2 Å². The second kappa shape index (κ2) is 4.37. The Balaban J connectivity index is 2.18. The monoisotopic (exact) mass is 262 g/mol. The van der Waals surface area contributed by atoms with Crippen molar-refractivity contribution >= 4 is 19.7 Å². The molecule has 0 aliphatic heterocycles. The molecule has 16 heavy (non-hydrogen) atoms. The summed E-state index contributed by atoms with van der Waals surface area (Å²) in [6, 6.07) is 0.316. The zero-order chi connectivity index (χ0) is 11.8. The third-order valence-corrected chi connectivity index (χ3v) is 4.45. The molecule has 0 bridgehead atoms. The normalized spacial score (nSPS) is 26.9. The van der Waals surface area contributed by atoms with Gasteiger partial charge in [-0.1, -0.05) is 19.8 Å². The Kier molecular flexibility index (Phi) is 3.26. The minimum absolute atomic E-state index is 0.0902. The van der Waals surface area contributed by atoms with Gasteiger partial charge < -0.3 is 0 Å². The summed E-state index contributed by atoms with van der Waals surface area (Å²) >= 11 is 0. The van der Waals surface area contributed by atoms with Crippen LogP contribution in [0.5, 0.6) is 0 Å². The molecule has 0 spiro atoms. The maximum absolute atomic E-state index is 11.1. The second-order valence-electron chi connectivity index (χ2n) is 4.52. The van der Waals surface area contributed by atoms with E-state index in [4.69, 9.17) is 10.7 Å². The Hall–Kier alpha value is -0.550. The summed E-state index contributed by atoms with van der Waals surface area (Å²) in [5.74, 6) is 0.680. The van der Waals surface area contributed by atoms with E-state index in [9.17, 15) is 8.42 Å². The van der Waals surface area contributed by atoms with Gasteiger partial charge in [0, 0.05) is 16.9 Å². The molecule has 4 nitrogen and oxygen atoms in total. The molecule has 1 saturated carbocycles. The van der Waals surface area contributed by atoms with Crippen molar-refractivity contribution in [3.63, 3.8) is 0 Å². The lowest BCUT2D eigenvalue weighted by Crippen LogP contribution is -2.17. The van der Waals surface area contributed by atoms with Crippen molar-refractivity contribution in [2.45, 2.75) is 43.5 Å². The number of nitrogens with zero attached hydrogens (tertiary/aromatic N) is 2. The number of aromatic nitrogens is 2. The molecule has 0 radical (unpaired) electrons. The van der Waals surface area contributed by atoms with Gasteiger partial charge in [0.25, 0.3) is 9.05 Å². The molecule has 6 heteroatoms. The Morgan fingerprint density at radius 1 is 1.50 bits per heavy atom. The summed E-state index contributed by atoms with van der Waals surface area (Å²) in [6.45, 7) is 2.22. The summed E-state index contributed by atoms with van der Waals surface area (Å²) in [5, 5.41) is 4.09. The van der Waals surface area contributed by atoms with Gasteiger partial charge in [0.2, 0.25) is 0 Å². The van der Waals surface area contributed by atoms with Crippen molar-refractivity contribution in [1.82, 2.24) is 9.78 Å². The molecule has 0 amide bonds. The van der Waals surface area contributed by atoms with Gasteiger partial charge in [-0.3, -0.25) is 4.68 Å². The molecular weight excluding hydrogens is 248 g/mol. The van der Waals surface area contributed by atoms with Crippen LogP contribution in [0.4, 0.5) is 0 Å². The van der Waals surface area contributed by atoms with Crippen molar-refractivity contribution in [3.8, 4) is 0 Å². The van der Waals surface area contributed by atoms with Gasteiger partial charge in [-0.2, -0.15) is 5.10 Å². The average molecular weight is 263 g/mol. The van der Waals surface area contributed by atoms with E-state index in [1.54, 1.807) is 4.68 Å². The van der Waals surface area contributed by atoms with E-state index < -0.39 is 9.05 Å². The predicted molar refractivity (Wildman–Crippen MR) is 61.9 cm³/mol. The van der Waals surface area contributed by atoms with Crippen molar-refractivity contribution in [2.75, 3.05) is 0 Å². The van der Waals surface area contributed by atoms with Crippen LogP contribution in [0.1, 0.15) is 38.6 Å². The number of halogens is 1. The number of hydrogen-bond acceptors (Lipinski definition) is 3. The highest BCUT2D eigenvalue weighted by molar-refractivity contribution is 8.13. The first-order valence-corrected chi connectivity index (χ1v) is 7.76. The van der Waals surface area contributed by atoms with E-state index in [0.717, 1.165) is 12.8 Å². The van der Waals surface area contributed by atoms with Gasteiger partial charge in [-0.25, -0.2) is 8.42 Å². The summed E-state index contributed by atoms with van der Waals surface area (Å²) in [4.78, 5) is 0.0902. The largest absolute Gasteiger partial charge is 0.268 e. The first-order chi connectivity index (χ1) is 7.47. The fourth-order valence-electron chi connectivity index (χ4n) is 2.29. The molecule has 1 aliphatic carbocycles. The highest BCUT2D eigenvalue weighted by Crippen LogP contribution is 2.32. The van der Waals surface area contributed by atoms with E-state index in [2.05, 4.69) is 12.0 Å². The quantitative estimate of drug-likeness (QED) is 0.770. The molecule has 0 saturated heterocycles. The molecule has 90 valence electrons. The molecule has 2 atom stereocenters. The van der Waals surface area contributed by atoms with Crippen LogP contribution < -0.4 is 0 Å². The molecule has 1 aliphatic rings. The second-order valence-corrected chi connectivity index (χ2v) is 7.09. The average Bonchev–Trinajstić information content (AvgIpc) is 2.65. The van der Waals surface area contributed by atoms with Gasteiger partial charge in [0.05, 0.1) is 12.2 Å². The van der Waals surface area contributed by atoms with Crippen LogP contribution in [0.15, 0.2) is 17.3 Å².